The van der Waals surface area contributed by atoms with E-state index in [-0.39, 0.29) is 18.0 Å². The van der Waals surface area contributed by atoms with Gasteiger partial charge in [-0.15, -0.1) is 0 Å². The predicted octanol–water partition coefficient (Wildman–Crippen LogP) is 2.04. The lowest BCUT2D eigenvalue weighted by atomic mass is 10.1. The summed E-state index contributed by atoms with van der Waals surface area (Å²) in [5, 5.41) is 15.5. The highest BCUT2D eigenvalue weighted by atomic mass is 16.5. The van der Waals surface area contributed by atoms with Crippen LogP contribution in [-0.4, -0.2) is 69.9 Å². The van der Waals surface area contributed by atoms with Crippen LogP contribution in [0.1, 0.15) is 43.5 Å². The number of ether oxygens (including phenoxy) is 1. The molecule has 0 radical (unpaired) electrons. The second kappa shape index (κ2) is 9.23. The molecule has 168 valence electrons. The van der Waals surface area contributed by atoms with Gasteiger partial charge >= 0.3 is 6.09 Å². The zero-order valence-corrected chi connectivity index (χ0v) is 18.1. The molecule has 9 heteroatoms. The van der Waals surface area contributed by atoms with Gasteiger partial charge in [0.2, 0.25) is 0 Å². The first-order chi connectivity index (χ1) is 15.0. The lowest BCUT2D eigenvalue weighted by Crippen LogP contribution is -2.50. The van der Waals surface area contributed by atoms with Gasteiger partial charge in [0.05, 0.1) is 12.6 Å². The molecule has 2 aromatic heterocycles. The summed E-state index contributed by atoms with van der Waals surface area (Å²) in [6.45, 7) is 6.94. The summed E-state index contributed by atoms with van der Waals surface area (Å²) in [6.07, 6.45) is 3.32. The van der Waals surface area contributed by atoms with E-state index in [0.717, 1.165) is 41.7 Å². The van der Waals surface area contributed by atoms with Crippen LogP contribution in [0.4, 0.5) is 4.79 Å². The van der Waals surface area contributed by atoms with E-state index in [2.05, 4.69) is 34.4 Å². The molecule has 0 unspecified atom stereocenters. The van der Waals surface area contributed by atoms with Gasteiger partial charge in [0, 0.05) is 55.1 Å². The van der Waals surface area contributed by atoms with Crippen LogP contribution in [0, 0.1) is 6.92 Å². The summed E-state index contributed by atoms with van der Waals surface area (Å²) >= 11 is 0. The van der Waals surface area contributed by atoms with Gasteiger partial charge in [-0.2, -0.15) is 0 Å². The standard InChI is InChI=1S/C22H31N5O4/c1-14-4-7-17-18(13-26(20(17)25-14)10-3-8-24-22(29)30)15(2)27(16-5-6-16)21(28)19-12-23-9-11-31-19/h4,7,13,15-16,19,23-24H,3,5-6,8-12H2,1-2H3,(H,29,30)/t15-,19-/m1/s1. The van der Waals surface area contributed by atoms with Crippen molar-refractivity contribution in [2.75, 3.05) is 26.2 Å². The van der Waals surface area contributed by atoms with Crippen molar-refractivity contribution in [1.82, 2.24) is 25.1 Å². The topological polar surface area (TPSA) is 109 Å². The predicted molar refractivity (Wildman–Crippen MR) is 116 cm³/mol. The molecular formula is C22H31N5O4. The minimum absolute atomic E-state index is 0.0498. The minimum Gasteiger partial charge on any atom is -0.465 e. The number of carboxylic acid groups (broad SMARTS) is 1. The van der Waals surface area contributed by atoms with Gasteiger partial charge in [-0.05, 0) is 45.2 Å². The Morgan fingerprint density at radius 3 is 2.90 bits per heavy atom. The number of amides is 2. The van der Waals surface area contributed by atoms with E-state index in [1.54, 1.807) is 0 Å². The lowest BCUT2D eigenvalue weighted by molar-refractivity contribution is -0.148. The monoisotopic (exact) mass is 429 g/mol. The second-order valence-electron chi connectivity index (χ2n) is 8.40. The molecule has 2 atom stereocenters. The number of nitrogens with one attached hydrogen (secondary N) is 2. The first-order valence-electron chi connectivity index (χ1n) is 11.0. The molecule has 1 aliphatic heterocycles. The van der Waals surface area contributed by atoms with Crippen molar-refractivity contribution in [2.45, 2.75) is 57.8 Å². The Morgan fingerprint density at radius 1 is 1.42 bits per heavy atom. The molecule has 1 saturated carbocycles. The van der Waals surface area contributed by atoms with E-state index in [4.69, 9.17) is 14.8 Å². The highest BCUT2D eigenvalue weighted by Crippen LogP contribution is 2.38. The van der Waals surface area contributed by atoms with E-state index in [9.17, 15) is 9.59 Å². The fraction of sp³-hybridized carbons (Fsp3) is 0.591. The molecule has 0 aromatic carbocycles. The number of fused-ring (bicyclic) bond motifs is 1. The summed E-state index contributed by atoms with van der Waals surface area (Å²) < 4.78 is 7.83. The van der Waals surface area contributed by atoms with E-state index in [1.165, 1.54) is 0 Å². The van der Waals surface area contributed by atoms with Gasteiger partial charge in [-0.3, -0.25) is 4.79 Å². The quantitative estimate of drug-likeness (QED) is 0.554. The molecule has 0 spiro atoms. The Morgan fingerprint density at radius 2 is 2.23 bits per heavy atom. The summed E-state index contributed by atoms with van der Waals surface area (Å²) in [5.74, 6) is 0.0498. The van der Waals surface area contributed by atoms with Gasteiger partial charge in [0.1, 0.15) is 11.8 Å². The fourth-order valence-electron chi connectivity index (χ4n) is 4.31. The number of aryl methyl sites for hydroxylation is 2. The summed E-state index contributed by atoms with van der Waals surface area (Å²) in [5.41, 5.74) is 2.86. The van der Waals surface area contributed by atoms with Gasteiger partial charge < -0.3 is 29.9 Å². The van der Waals surface area contributed by atoms with Gasteiger partial charge in [0.25, 0.3) is 5.91 Å². The molecule has 2 aliphatic rings. The number of aromatic nitrogens is 2. The SMILES string of the molecule is Cc1ccc2c([C@@H](C)N(C(=O)[C@H]3CNCCO3)C3CC3)cn(CCCNC(=O)O)c2n1. The van der Waals surface area contributed by atoms with Crippen molar-refractivity contribution in [3.8, 4) is 0 Å². The van der Waals surface area contributed by atoms with Crippen LogP contribution in [-0.2, 0) is 16.1 Å². The zero-order valence-electron chi connectivity index (χ0n) is 18.1. The highest BCUT2D eigenvalue weighted by Gasteiger charge is 2.40. The normalized spacial score (nSPS) is 19.9. The van der Waals surface area contributed by atoms with Crippen molar-refractivity contribution < 1.29 is 19.4 Å². The van der Waals surface area contributed by atoms with Crippen molar-refractivity contribution >= 4 is 23.0 Å². The number of nitrogens with zero attached hydrogens (tertiary/aromatic N) is 3. The molecule has 3 N–H and O–H groups in total. The van der Waals surface area contributed by atoms with Crippen LogP contribution in [0.25, 0.3) is 11.0 Å². The van der Waals surface area contributed by atoms with E-state index in [0.29, 0.717) is 32.7 Å². The molecule has 31 heavy (non-hydrogen) atoms. The van der Waals surface area contributed by atoms with Gasteiger partial charge in [0.15, 0.2) is 0 Å². The molecule has 9 nitrogen and oxygen atoms in total. The molecule has 0 bridgehead atoms. The molecule has 2 fully saturated rings. The molecule has 1 aliphatic carbocycles. The van der Waals surface area contributed by atoms with Crippen molar-refractivity contribution in [2.24, 2.45) is 0 Å². The maximum Gasteiger partial charge on any atom is 0.404 e. The van der Waals surface area contributed by atoms with Gasteiger partial charge in [-0.1, -0.05) is 0 Å². The molecule has 1 saturated heterocycles. The third kappa shape index (κ3) is 4.83. The average Bonchev–Trinajstić information content (AvgIpc) is 3.53. The molecule has 4 rings (SSSR count). The zero-order chi connectivity index (χ0) is 22.0. The minimum atomic E-state index is -1.02. The summed E-state index contributed by atoms with van der Waals surface area (Å²) in [6, 6.07) is 4.22. The number of pyridine rings is 1. The number of carbonyl (C=O) groups is 2. The number of hydrogen-bond donors (Lipinski definition) is 3. The maximum atomic E-state index is 13.3. The van der Waals surface area contributed by atoms with Crippen molar-refractivity contribution in [3.05, 3.63) is 29.6 Å². The van der Waals surface area contributed by atoms with Crippen LogP contribution in [0.2, 0.25) is 0 Å². The molecule has 2 aromatic rings. The summed E-state index contributed by atoms with van der Waals surface area (Å²) in [4.78, 5) is 30.8. The third-order valence-electron chi connectivity index (χ3n) is 6.01. The molecular weight excluding hydrogens is 398 g/mol. The largest absolute Gasteiger partial charge is 0.465 e. The first-order valence-corrected chi connectivity index (χ1v) is 11.0. The smallest absolute Gasteiger partial charge is 0.404 e. The number of morpholine rings is 1. The van der Waals surface area contributed by atoms with Crippen molar-refractivity contribution in [1.29, 1.82) is 0 Å². The Labute approximate surface area is 181 Å². The van der Waals surface area contributed by atoms with Crippen molar-refractivity contribution in [3.63, 3.8) is 0 Å². The van der Waals surface area contributed by atoms with E-state index < -0.39 is 12.2 Å². The number of rotatable bonds is 8. The average molecular weight is 430 g/mol. The lowest BCUT2D eigenvalue weighted by Gasteiger charge is -2.34. The summed E-state index contributed by atoms with van der Waals surface area (Å²) in [7, 11) is 0. The van der Waals surface area contributed by atoms with Crippen LogP contribution in [0.15, 0.2) is 18.3 Å². The van der Waals surface area contributed by atoms with Crippen LogP contribution >= 0.6 is 0 Å². The maximum absolute atomic E-state index is 13.3. The first kappa shape index (κ1) is 21.6. The Hall–Kier alpha value is -2.65. The molecule has 2 amide bonds. The van der Waals surface area contributed by atoms with Crippen LogP contribution in [0.3, 0.4) is 0 Å². The van der Waals surface area contributed by atoms with Crippen LogP contribution < -0.4 is 10.6 Å². The van der Waals surface area contributed by atoms with Crippen LogP contribution in [0.5, 0.6) is 0 Å². The third-order valence-corrected chi connectivity index (χ3v) is 6.01. The number of hydrogen-bond acceptors (Lipinski definition) is 5. The van der Waals surface area contributed by atoms with E-state index >= 15 is 0 Å². The van der Waals surface area contributed by atoms with E-state index in [1.807, 2.05) is 17.9 Å². The fourth-order valence-corrected chi connectivity index (χ4v) is 4.31. The van der Waals surface area contributed by atoms with Gasteiger partial charge in [-0.25, -0.2) is 9.78 Å². The number of carbonyl (C=O) groups excluding carboxylic acids is 1. The highest BCUT2D eigenvalue weighted by molar-refractivity contribution is 5.85. The second-order valence-corrected chi connectivity index (χ2v) is 8.40. The molecule has 3 heterocycles. The Kier molecular flexibility index (Phi) is 6.43. The Bertz CT molecular complexity index is 949. The Balaban J connectivity index is 1.60.